The van der Waals surface area contributed by atoms with E-state index in [1.54, 1.807) is 18.7 Å². The zero-order valence-corrected chi connectivity index (χ0v) is 17.4. The minimum atomic E-state index is -0.250. The zero-order chi connectivity index (χ0) is 22.3. The van der Waals surface area contributed by atoms with Crippen molar-refractivity contribution in [2.45, 2.75) is 12.5 Å². The van der Waals surface area contributed by atoms with Crippen LogP contribution in [0.2, 0.25) is 0 Å². The lowest BCUT2D eigenvalue weighted by atomic mass is 9.91. The molecule has 10 nitrogen and oxygen atoms in total. The van der Waals surface area contributed by atoms with Crippen LogP contribution in [-0.4, -0.2) is 75.2 Å². The number of hydrogen-bond donors (Lipinski definition) is 2. The summed E-state index contributed by atoms with van der Waals surface area (Å²) in [4.78, 5) is 42.0. The van der Waals surface area contributed by atoms with Gasteiger partial charge in [0.25, 0.3) is 12.4 Å². The second-order valence-corrected chi connectivity index (χ2v) is 7.39. The molecule has 1 saturated heterocycles. The summed E-state index contributed by atoms with van der Waals surface area (Å²) in [5.74, 6) is 0.616. The molecular weight excluding hydrogens is 412 g/mol. The number of amides is 1. The topological polar surface area (TPSA) is 125 Å². The van der Waals surface area contributed by atoms with Gasteiger partial charge in [0.1, 0.15) is 0 Å². The lowest BCUT2D eigenvalue weighted by Crippen LogP contribution is -2.39. The highest BCUT2D eigenvalue weighted by Gasteiger charge is 2.32. The third-order valence-corrected chi connectivity index (χ3v) is 5.50. The van der Waals surface area contributed by atoms with Crippen molar-refractivity contribution in [3.05, 3.63) is 71.6 Å². The van der Waals surface area contributed by atoms with Gasteiger partial charge in [-0.1, -0.05) is 30.3 Å². The van der Waals surface area contributed by atoms with E-state index in [0.717, 1.165) is 30.0 Å². The molecule has 10 heteroatoms. The maximum absolute atomic E-state index is 13.2. The molecule has 4 heterocycles. The van der Waals surface area contributed by atoms with Gasteiger partial charge in [0, 0.05) is 37.9 Å². The van der Waals surface area contributed by atoms with E-state index in [1.807, 2.05) is 23.1 Å². The van der Waals surface area contributed by atoms with Gasteiger partial charge in [0.2, 0.25) is 5.95 Å². The number of fused-ring (bicyclic) bond motifs is 1. The van der Waals surface area contributed by atoms with E-state index < -0.39 is 0 Å². The van der Waals surface area contributed by atoms with Gasteiger partial charge in [-0.25, -0.2) is 15.0 Å². The summed E-state index contributed by atoms with van der Waals surface area (Å²) in [5, 5.41) is 6.89. The lowest BCUT2D eigenvalue weighted by Gasteiger charge is -2.32. The van der Waals surface area contributed by atoms with E-state index in [9.17, 15) is 4.79 Å². The SMILES string of the molecule is O=C(c1cnc(N2CCOCC2)nc1)N1Cc2[nH]cnc2C(c2ccccc2)C1.O=CO. The van der Waals surface area contributed by atoms with Crippen LogP contribution in [-0.2, 0) is 16.1 Å². The summed E-state index contributed by atoms with van der Waals surface area (Å²) in [6.45, 7) is 3.70. The number of aromatic amines is 1. The number of hydrogen-bond acceptors (Lipinski definition) is 7. The number of imidazole rings is 1. The number of rotatable bonds is 3. The smallest absolute Gasteiger partial charge is 0.290 e. The molecule has 2 aromatic heterocycles. The first-order valence-electron chi connectivity index (χ1n) is 10.3. The Bertz CT molecular complexity index is 1030. The van der Waals surface area contributed by atoms with Gasteiger partial charge in [0.05, 0.1) is 43.0 Å². The van der Waals surface area contributed by atoms with Crippen molar-refractivity contribution in [2.24, 2.45) is 0 Å². The molecule has 1 atom stereocenters. The lowest BCUT2D eigenvalue weighted by molar-refractivity contribution is -0.122. The summed E-state index contributed by atoms with van der Waals surface area (Å²) in [7, 11) is 0. The summed E-state index contributed by atoms with van der Waals surface area (Å²) in [5.41, 5.74) is 3.64. The van der Waals surface area contributed by atoms with Crippen LogP contribution >= 0.6 is 0 Å². The van der Waals surface area contributed by atoms with Gasteiger partial charge in [-0.2, -0.15) is 0 Å². The Morgan fingerprint density at radius 3 is 2.50 bits per heavy atom. The first-order chi connectivity index (χ1) is 15.7. The molecule has 0 spiro atoms. The number of morpholine rings is 1. The number of H-pyrrole nitrogens is 1. The number of benzene rings is 1. The predicted octanol–water partition coefficient (Wildman–Crippen LogP) is 1.52. The van der Waals surface area contributed by atoms with E-state index in [-0.39, 0.29) is 18.3 Å². The molecule has 1 aromatic carbocycles. The fourth-order valence-electron chi connectivity index (χ4n) is 3.97. The number of carbonyl (C=O) groups is 2. The molecule has 2 aliphatic rings. The molecule has 2 N–H and O–H groups in total. The van der Waals surface area contributed by atoms with Crippen molar-refractivity contribution in [1.82, 2.24) is 24.8 Å². The molecule has 0 saturated carbocycles. The largest absolute Gasteiger partial charge is 0.483 e. The summed E-state index contributed by atoms with van der Waals surface area (Å²) >= 11 is 0. The van der Waals surface area contributed by atoms with Crippen molar-refractivity contribution < 1.29 is 19.4 Å². The molecule has 166 valence electrons. The molecular formula is C22H24N6O4. The molecule has 1 fully saturated rings. The Labute approximate surface area is 184 Å². The van der Waals surface area contributed by atoms with Crippen LogP contribution in [0.15, 0.2) is 49.1 Å². The Hall–Kier alpha value is -3.79. The number of nitrogens with one attached hydrogen (secondary N) is 1. The fraction of sp³-hybridized carbons (Fsp3) is 0.318. The van der Waals surface area contributed by atoms with E-state index >= 15 is 0 Å². The highest BCUT2D eigenvalue weighted by molar-refractivity contribution is 5.94. The third-order valence-electron chi connectivity index (χ3n) is 5.50. The van der Waals surface area contributed by atoms with Crippen LogP contribution in [0.4, 0.5) is 5.95 Å². The van der Waals surface area contributed by atoms with Crippen molar-refractivity contribution in [2.75, 3.05) is 37.7 Å². The highest BCUT2D eigenvalue weighted by atomic mass is 16.5. The number of carbonyl (C=O) groups excluding carboxylic acids is 1. The Morgan fingerprint density at radius 1 is 1.12 bits per heavy atom. The maximum atomic E-state index is 13.2. The standard InChI is InChI=1S/C21H22N6O2.CH2O2/c28-20(16-10-22-21(23-11-16)26-6-8-29-9-7-26)27-12-17(15-4-2-1-3-5-15)19-18(13-27)24-14-25-19;2-1-3/h1-5,10-11,14,17H,6-9,12-13H2,(H,24,25);1H,(H,2,3). The first kappa shape index (κ1) is 21.4. The zero-order valence-electron chi connectivity index (χ0n) is 17.4. The van der Waals surface area contributed by atoms with Crippen molar-refractivity contribution in [1.29, 1.82) is 0 Å². The average Bonchev–Trinajstić information content (AvgIpc) is 3.33. The van der Waals surface area contributed by atoms with Gasteiger partial charge in [-0.15, -0.1) is 0 Å². The van der Waals surface area contributed by atoms with Crippen LogP contribution in [0, 0.1) is 0 Å². The second-order valence-electron chi connectivity index (χ2n) is 7.39. The molecule has 1 unspecified atom stereocenters. The molecule has 2 aliphatic heterocycles. The minimum absolute atomic E-state index is 0.0451. The first-order valence-corrected chi connectivity index (χ1v) is 10.3. The second kappa shape index (κ2) is 10.0. The summed E-state index contributed by atoms with van der Waals surface area (Å²) < 4.78 is 5.36. The predicted molar refractivity (Wildman–Crippen MR) is 115 cm³/mol. The van der Waals surface area contributed by atoms with E-state index in [1.165, 1.54) is 0 Å². The number of ether oxygens (including phenoxy) is 1. The average molecular weight is 436 g/mol. The molecule has 5 rings (SSSR count). The number of nitrogens with zero attached hydrogens (tertiary/aromatic N) is 5. The number of aromatic nitrogens is 4. The third kappa shape index (κ3) is 4.59. The fourth-order valence-corrected chi connectivity index (χ4v) is 3.97. The number of carboxylic acid groups (broad SMARTS) is 1. The van der Waals surface area contributed by atoms with Gasteiger partial charge < -0.3 is 24.6 Å². The molecule has 0 bridgehead atoms. The van der Waals surface area contributed by atoms with Gasteiger partial charge in [-0.05, 0) is 5.56 Å². The highest BCUT2D eigenvalue weighted by Crippen LogP contribution is 2.32. The Morgan fingerprint density at radius 2 is 1.81 bits per heavy atom. The van der Waals surface area contributed by atoms with Gasteiger partial charge >= 0.3 is 0 Å². The van der Waals surface area contributed by atoms with Crippen molar-refractivity contribution >= 4 is 18.3 Å². The van der Waals surface area contributed by atoms with E-state index in [4.69, 9.17) is 14.6 Å². The van der Waals surface area contributed by atoms with Crippen LogP contribution in [0.5, 0.6) is 0 Å². The van der Waals surface area contributed by atoms with Crippen LogP contribution < -0.4 is 4.90 Å². The van der Waals surface area contributed by atoms with Crippen LogP contribution in [0.3, 0.4) is 0 Å². The Kier molecular flexibility index (Phi) is 6.71. The Balaban J connectivity index is 0.000000775. The summed E-state index contributed by atoms with van der Waals surface area (Å²) in [6, 6.07) is 10.2. The maximum Gasteiger partial charge on any atom is 0.290 e. The van der Waals surface area contributed by atoms with Crippen LogP contribution in [0.1, 0.15) is 33.2 Å². The quantitative estimate of drug-likeness (QED) is 0.592. The van der Waals surface area contributed by atoms with E-state index in [2.05, 4.69) is 37.0 Å². The molecule has 0 radical (unpaired) electrons. The van der Waals surface area contributed by atoms with Gasteiger partial charge in [-0.3, -0.25) is 9.59 Å². The van der Waals surface area contributed by atoms with Crippen LogP contribution in [0.25, 0.3) is 0 Å². The summed E-state index contributed by atoms with van der Waals surface area (Å²) in [6.07, 6.45) is 4.95. The molecule has 32 heavy (non-hydrogen) atoms. The van der Waals surface area contributed by atoms with E-state index in [0.29, 0.717) is 37.8 Å². The molecule has 0 aliphatic carbocycles. The van der Waals surface area contributed by atoms with Crippen molar-refractivity contribution in [3.8, 4) is 0 Å². The monoisotopic (exact) mass is 436 g/mol. The normalized spacial score (nSPS) is 17.7. The molecule has 1 amide bonds. The number of anilines is 1. The van der Waals surface area contributed by atoms with Gasteiger partial charge in [0.15, 0.2) is 0 Å². The minimum Gasteiger partial charge on any atom is -0.483 e. The molecule has 3 aromatic rings. The van der Waals surface area contributed by atoms with Crippen molar-refractivity contribution in [3.63, 3.8) is 0 Å².